The van der Waals surface area contributed by atoms with Crippen molar-refractivity contribution in [3.8, 4) is 11.4 Å². The minimum absolute atomic E-state index is 0.0552. The van der Waals surface area contributed by atoms with E-state index < -0.39 is 0 Å². The Bertz CT molecular complexity index is 1270. The molecule has 5 rings (SSSR count). The van der Waals surface area contributed by atoms with Gasteiger partial charge < -0.3 is 14.4 Å². The van der Waals surface area contributed by atoms with E-state index in [1.165, 1.54) is 11.1 Å². The first-order valence-electron chi connectivity index (χ1n) is 11.1. The normalized spacial score (nSPS) is 16.6. The molecular weight excluding hydrogens is 402 g/mol. The standard InChI is InChI=1S/C25H27N5O2/c1-15-8-9-20-21(17(3)27-23(20)16(15)2)12-22(31)30-11-5-7-19(14-30)25-28-24(29-32-25)18-6-4-10-26-13-18/h4,6,8-10,13,19,27H,5,7,11-12,14H2,1-3H3/t19-/m1/s1. The number of aryl methyl sites for hydroxylation is 3. The lowest BCUT2D eigenvalue weighted by Gasteiger charge is -2.31. The molecule has 0 aliphatic carbocycles. The zero-order valence-electron chi connectivity index (χ0n) is 18.7. The molecule has 1 aliphatic rings. The first-order chi connectivity index (χ1) is 15.5. The van der Waals surface area contributed by atoms with Crippen molar-refractivity contribution in [3.05, 3.63) is 64.9 Å². The Balaban J connectivity index is 1.33. The number of carbonyl (C=O) groups is 1. The van der Waals surface area contributed by atoms with Crippen LogP contribution >= 0.6 is 0 Å². The van der Waals surface area contributed by atoms with Crippen molar-refractivity contribution in [2.45, 2.75) is 46.0 Å². The third-order valence-corrected chi connectivity index (χ3v) is 6.64. The fraction of sp³-hybridized carbons (Fsp3) is 0.360. The topological polar surface area (TPSA) is 87.9 Å². The Morgan fingerprint density at radius 1 is 1.25 bits per heavy atom. The molecular formula is C25H27N5O2. The van der Waals surface area contributed by atoms with Crippen LogP contribution in [-0.4, -0.2) is 44.0 Å². The number of benzene rings is 1. The van der Waals surface area contributed by atoms with Gasteiger partial charge in [0.1, 0.15) is 0 Å². The molecule has 7 nitrogen and oxygen atoms in total. The maximum Gasteiger partial charge on any atom is 0.231 e. The fourth-order valence-electron chi connectivity index (χ4n) is 4.60. The number of rotatable bonds is 4. The minimum atomic E-state index is 0.0552. The third kappa shape index (κ3) is 3.68. The van der Waals surface area contributed by atoms with Crippen LogP contribution in [0.15, 0.2) is 41.2 Å². The van der Waals surface area contributed by atoms with E-state index in [2.05, 4.69) is 53.0 Å². The molecule has 0 radical (unpaired) electrons. The third-order valence-electron chi connectivity index (χ3n) is 6.64. The van der Waals surface area contributed by atoms with Crippen LogP contribution in [0.2, 0.25) is 0 Å². The average molecular weight is 430 g/mol. The summed E-state index contributed by atoms with van der Waals surface area (Å²) in [5.41, 5.74) is 6.60. The molecule has 0 bridgehead atoms. The van der Waals surface area contributed by atoms with Gasteiger partial charge in [-0.05, 0) is 62.4 Å². The fourth-order valence-corrected chi connectivity index (χ4v) is 4.60. The monoisotopic (exact) mass is 429 g/mol. The van der Waals surface area contributed by atoms with E-state index in [4.69, 9.17) is 4.52 Å². The first-order valence-corrected chi connectivity index (χ1v) is 11.1. The molecule has 0 unspecified atom stereocenters. The largest absolute Gasteiger partial charge is 0.358 e. The number of piperidine rings is 1. The molecule has 1 aliphatic heterocycles. The van der Waals surface area contributed by atoms with Crippen LogP contribution in [0.3, 0.4) is 0 Å². The highest BCUT2D eigenvalue weighted by molar-refractivity contribution is 5.92. The summed E-state index contributed by atoms with van der Waals surface area (Å²) in [4.78, 5) is 27.4. The van der Waals surface area contributed by atoms with Gasteiger partial charge in [0, 0.05) is 47.6 Å². The highest BCUT2D eigenvalue weighted by Crippen LogP contribution is 2.30. The van der Waals surface area contributed by atoms with Crippen molar-refractivity contribution in [2.75, 3.05) is 13.1 Å². The van der Waals surface area contributed by atoms with Crippen LogP contribution in [0.4, 0.5) is 0 Å². The van der Waals surface area contributed by atoms with Gasteiger partial charge in [0.2, 0.25) is 17.6 Å². The molecule has 1 N–H and O–H groups in total. The summed E-state index contributed by atoms with van der Waals surface area (Å²) >= 11 is 0. The zero-order chi connectivity index (χ0) is 22.2. The van der Waals surface area contributed by atoms with E-state index in [0.29, 0.717) is 24.7 Å². The van der Waals surface area contributed by atoms with Crippen molar-refractivity contribution in [1.29, 1.82) is 0 Å². The summed E-state index contributed by atoms with van der Waals surface area (Å²) in [7, 11) is 0. The van der Waals surface area contributed by atoms with Gasteiger partial charge in [0.15, 0.2) is 0 Å². The van der Waals surface area contributed by atoms with Crippen LogP contribution in [-0.2, 0) is 11.2 Å². The van der Waals surface area contributed by atoms with E-state index in [-0.39, 0.29) is 11.8 Å². The predicted octanol–water partition coefficient (Wildman–Crippen LogP) is 4.49. The summed E-state index contributed by atoms with van der Waals surface area (Å²) in [6.07, 6.45) is 5.69. The van der Waals surface area contributed by atoms with Gasteiger partial charge in [0.05, 0.1) is 12.3 Å². The SMILES string of the molecule is Cc1ccc2c(CC(=O)N3CCC[C@@H](c4nc(-c5cccnc5)no4)C3)c(C)[nH]c2c1C. The number of aromatic amines is 1. The lowest BCUT2D eigenvalue weighted by atomic mass is 9.96. The second-order valence-corrected chi connectivity index (χ2v) is 8.71. The number of pyridine rings is 1. The number of carbonyl (C=O) groups excluding carboxylic acids is 1. The summed E-state index contributed by atoms with van der Waals surface area (Å²) in [6.45, 7) is 7.65. The maximum atomic E-state index is 13.3. The van der Waals surface area contributed by atoms with Gasteiger partial charge >= 0.3 is 0 Å². The highest BCUT2D eigenvalue weighted by Gasteiger charge is 2.29. The smallest absolute Gasteiger partial charge is 0.231 e. The number of aromatic nitrogens is 4. The van der Waals surface area contributed by atoms with Crippen molar-refractivity contribution in [2.24, 2.45) is 0 Å². The first kappa shape index (κ1) is 20.4. The van der Waals surface area contributed by atoms with Gasteiger partial charge in [0.25, 0.3) is 0 Å². The Morgan fingerprint density at radius 3 is 2.94 bits per heavy atom. The Morgan fingerprint density at radius 2 is 2.12 bits per heavy atom. The van der Waals surface area contributed by atoms with E-state index in [9.17, 15) is 4.79 Å². The summed E-state index contributed by atoms with van der Waals surface area (Å²) in [6, 6.07) is 8.01. The zero-order valence-corrected chi connectivity index (χ0v) is 18.7. The number of hydrogen-bond acceptors (Lipinski definition) is 5. The van der Waals surface area contributed by atoms with Crippen molar-refractivity contribution in [1.82, 2.24) is 25.0 Å². The molecule has 3 aromatic heterocycles. The molecule has 7 heteroatoms. The number of nitrogens with zero attached hydrogens (tertiary/aromatic N) is 4. The molecule has 0 saturated carbocycles. The van der Waals surface area contributed by atoms with Crippen molar-refractivity contribution < 1.29 is 9.32 Å². The quantitative estimate of drug-likeness (QED) is 0.516. The molecule has 1 atom stereocenters. The number of nitrogens with one attached hydrogen (secondary N) is 1. The molecule has 0 spiro atoms. The summed E-state index contributed by atoms with van der Waals surface area (Å²) in [5.74, 6) is 1.33. The molecule has 164 valence electrons. The van der Waals surface area contributed by atoms with Crippen LogP contribution in [0.5, 0.6) is 0 Å². The minimum Gasteiger partial charge on any atom is -0.358 e. The number of likely N-dealkylation sites (tertiary alicyclic amines) is 1. The second-order valence-electron chi connectivity index (χ2n) is 8.71. The molecule has 1 amide bonds. The van der Waals surface area contributed by atoms with Crippen LogP contribution in [0, 0.1) is 20.8 Å². The highest BCUT2D eigenvalue weighted by atomic mass is 16.5. The van der Waals surface area contributed by atoms with Gasteiger partial charge in [-0.2, -0.15) is 4.98 Å². The molecule has 1 saturated heterocycles. The van der Waals surface area contributed by atoms with Gasteiger partial charge in [-0.25, -0.2) is 0 Å². The second kappa shape index (κ2) is 8.22. The molecule has 1 fully saturated rings. The number of H-pyrrole nitrogens is 1. The molecule has 32 heavy (non-hydrogen) atoms. The van der Waals surface area contributed by atoms with Crippen molar-refractivity contribution >= 4 is 16.8 Å². The summed E-state index contributed by atoms with van der Waals surface area (Å²) in [5, 5.41) is 5.26. The molecule has 4 heterocycles. The van der Waals surface area contributed by atoms with Gasteiger partial charge in [-0.3, -0.25) is 9.78 Å². The van der Waals surface area contributed by atoms with Crippen LogP contribution < -0.4 is 0 Å². The van der Waals surface area contributed by atoms with Crippen molar-refractivity contribution in [3.63, 3.8) is 0 Å². The number of hydrogen-bond donors (Lipinski definition) is 1. The summed E-state index contributed by atoms with van der Waals surface area (Å²) < 4.78 is 5.56. The van der Waals surface area contributed by atoms with Crippen LogP contribution in [0.1, 0.15) is 47.0 Å². The molecule has 4 aromatic rings. The lowest BCUT2D eigenvalue weighted by molar-refractivity contribution is -0.131. The van der Waals surface area contributed by atoms with Gasteiger partial charge in [-0.15, -0.1) is 0 Å². The Hall–Kier alpha value is -3.48. The van der Waals surface area contributed by atoms with E-state index in [0.717, 1.165) is 47.1 Å². The number of fused-ring (bicyclic) bond motifs is 1. The predicted molar refractivity (Wildman–Crippen MR) is 122 cm³/mol. The van der Waals surface area contributed by atoms with Gasteiger partial charge in [-0.1, -0.05) is 17.3 Å². The Labute approximate surface area is 186 Å². The molecule has 1 aromatic carbocycles. The Kier molecular flexibility index (Phi) is 5.25. The number of amides is 1. The van der Waals surface area contributed by atoms with Crippen LogP contribution in [0.25, 0.3) is 22.3 Å². The maximum absolute atomic E-state index is 13.3. The lowest BCUT2D eigenvalue weighted by Crippen LogP contribution is -2.40. The average Bonchev–Trinajstić information content (AvgIpc) is 3.43. The van der Waals surface area contributed by atoms with E-state index in [1.54, 1.807) is 12.4 Å². The van der Waals surface area contributed by atoms with E-state index in [1.807, 2.05) is 17.0 Å². The van der Waals surface area contributed by atoms with E-state index >= 15 is 0 Å².